The third-order valence-corrected chi connectivity index (χ3v) is 5.06. The molecule has 2 aromatic carbocycles. The Morgan fingerprint density at radius 2 is 1.76 bits per heavy atom. The lowest BCUT2D eigenvalue weighted by atomic mass is 10.1. The van der Waals surface area contributed by atoms with Gasteiger partial charge in [0.2, 0.25) is 5.91 Å². The lowest BCUT2D eigenvalue weighted by Gasteiger charge is -2.10. The Labute approximate surface area is 170 Å². The molecule has 5 nitrogen and oxygen atoms in total. The van der Waals surface area contributed by atoms with Crippen LogP contribution in [0, 0.1) is 0 Å². The molecule has 0 atom stereocenters. The molecule has 0 aliphatic rings. The topological polar surface area (TPSA) is 59.8 Å². The predicted molar refractivity (Wildman–Crippen MR) is 105 cm³/mol. The van der Waals surface area contributed by atoms with Gasteiger partial charge in [-0.3, -0.25) is 9.36 Å². The number of aromatic nitrogens is 3. The fraction of sp³-hybridized carbons (Fsp3) is 0.250. The van der Waals surface area contributed by atoms with Gasteiger partial charge in [0.1, 0.15) is 5.82 Å². The number of carbonyl (C=O) groups excluding carboxylic acids is 1. The van der Waals surface area contributed by atoms with Crippen molar-refractivity contribution in [3.63, 3.8) is 0 Å². The third-order valence-electron chi connectivity index (χ3n) is 4.13. The van der Waals surface area contributed by atoms with Gasteiger partial charge in [0.05, 0.1) is 11.3 Å². The SMILES string of the molecule is CCc1nnc(SCC(=O)NCc2ccc(C(F)(F)F)cc2)n1-c1ccccc1. The van der Waals surface area contributed by atoms with Gasteiger partial charge in [-0.2, -0.15) is 13.2 Å². The van der Waals surface area contributed by atoms with E-state index < -0.39 is 11.7 Å². The first kappa shape index (κ1) is 20.9. The number of para-hydroxylation sites is 1. The van der Waals surface area contributed by atoms with Crippen LogP contribution in [0.3, 0.4) is 0 Å². The molecule has 0 saturated heterocycles. The van der Waals surface area contributed by atoms with Gasteiger partial charge in [-0.15, -0.1) is 10.2 Å². The molecule has 0 unspecified atom stereocenters. The maximum atomic E-state index is 12.6. The fourth-order valence-corrected chi connectivity index (χ4v) is 3.45. The van der Waals surface area contributed by atoms with Crippen molar-refractivity contribution in [2.24, 2.45) is 0 Å². The molecule has 3 rings (SSSR count). The van der Waals surface area contributed by atoms with E-state index in [4.69, 9.17) is 0 Å². The summed E-state index contributed by atoms with van der Waals surface area (Å²) < 4.78 is 39.7. The first-order chi connectivity index (χ1) is 13.9. The molecule has 152 valence electrons. The number of rotatable bonds is 7. The molecule has 0 aliphatic heterocycles. The van der Waals surface area contributed by atoms with Crippen molar-refractivity contribution in [3.05, 3.63) is 71.5 Å². The normalized spacial score (nSPS) is 11.4. The van der Waals surface area contributed by atoms with Gasteiger partial charge < -0.3 is 5.32 Å². The lowest BCUT2D eigenvalue weighted by Crippen LogP contribution is -2.24. The van der Waals surface area contributed by atoms with E-state index in [1.165, 1.54) is 23.9 Å². The third kappa shape index (κ3) is 5.38. The molecule has 0 saturated carbocycles. The van der Waals surface area contributed by atoms with E-state index in [1.54, 1.807) is 0 Å². The molecule has 0 aliphatic carbocycles. The number of amides is 1. The molecular formula is C20H19F3N4OS. The van der Waals surface area contributed by atoms with Crippen LogP contribution in [0.15, 0.2) is 59.8 Å². The molecule has 1 heterocycles. The highest BCUT2D eigenvalue weighted by Gasteiger charge is 2.29. The number of thioether (sulfide) groups is 1. The number of aryl methyl sites for hydroxylation is 1. The lowest BCUT2D eigenvalue weighted by molar-refractivity contribution is -0.137. The number of halogens is 3. The second-order valence-electron chi connectivity index (χ2n) is 6.18. The summed E-state index contributed by atoms with van der Waals surface area (Å²) >= 11 is 1.26. The number of alkyl halides is 3. The fourth-order valence-electron chi connectivity index (χ4n) is 2.65. The largest absolute Gasteiger partial charge is 0.416 e. The van der Waals surface area contributed by atoms with Crippen LogP contribution in [0.4, 0.5) is 13.2 Å². The molecule has 0 radical (unpaired) electrons. The summed E-state index contributed by atoms with van der Waals surface area (Å²) in [6.07, 6.45) is -3.67. The smallest absolute Gasteiger partial charge is 0.351 e. The Bertz CT molecular complexity index is 956. The Morgan fingerprint density at radius 3 is 2.38 bits per heavy atom. The monoisotopic (exact) mass is 420 g/mol. The predicted octanol–water partition coefficient (Wildman–Crippen LogP) is 4.26. The van der Waals surface area contributed by atoms with E-state index in [9.17, 15) is 18.0 Å². The van der Waals surface area contributed by atoms with Crippen LogP contribution < -0.4 is 5.32 Å². The van der Waals surface area contributed by atoms with Gasteiger partial charge in [-0.1, -0.05) is 49.0 Å². The summed E-state index contributed by atoms with van der Waals surface area (Å²) in [4.78, 5) is 12.2. The highest BCUT2D eigenvalue weighted by atomic mass is 32.2. The maximum Gasteiger partial charge on any atom is 0.416 e. The Hall–Kier alpha value is -2.81. The number of hydrogen-bond acceptors (Lipinski definition) is 4. The summed E-state index contributed by atoms with van der Waals surface area (Å²) in [5, 5.41) is 11.7. The van der Waals surface area contributed by atoms with Crippen molar-refractivity contribution in [3.8, 4) is 5.69 Å². The van der Waals surface area contributed by atoms with E-state index in [2.05, 4.69) is 15.5 Å². The zero-order valence-electron chi connectivity index (χ0n) is 15.6. The van der Waals surface area contributed by atoms with Crippen LogP contribution in [0.1, 0.15) is 23.9 Å². The van der Waals surface area contributed by atoms with E-state index in [-0.39, 0.29) is 18.2 Å². The van der Waals surface area contributed by atoms with Crippen molar-refractivity contribution < 1.29 is 18.0 Å². The molecule has 1 N–H and O–H groups in total. The van der Waals surface area contributed by atoms with E-state index in [1.807, 2.05) is 41.8 Å². The summed E-state index contributed by atoms with van der Waals surface area (Å²) in [5.74, 6) is 0.675. The first-order valence-electron chi connectivity index (χ1n) is 8.94. The van der Waals surface area contributed by atoms with Gasteiger partial charge in [0.15, 0.2) is 5.16 Å². The van der Waals surface area contributed by atoms with Gasteiger partial charge in [-0.05, 0) is 29.8 Å². The molecule has 0 bridgehead atoms. The first-order valence-corrected chi connectivity index (χ1v) is 9.92. The Balaban J connectivity index is 1.58. The quantitative estimate of drug-likeness (QED) is 0.581. The Morgan fingerprint density at radius 1 is 1.07 bits per heavy atom. The minimum absolute atomic E-state index is 0.120. The number of benzene rings is 2. The molecule has 3 aromatic rings. The molecule has 29 heavy (non-hydrogen) atoms. The van der Waals surface area contributed by atoms with Crippen molar-refractivity contribution in [1.82, 2.24) is 20.1 Å². The molecule has 0 spiro atoms. The van der Waals surface area contributed by atoms with Gasteiger partial charge in [0.25, 0.3) is 0 Å². The van der Waals surface area contributed by atoms with Crippen molar-refractivity contribution >= 4 is 17.7 Å². The maximum absolute atomic E-state index is 12.6. The minimum Gasteiger partial charge on any atom is -0.351 e. The van der Waals surface area contributed by atoms with Crippen LogP contribution in [0.5, 0.6) is 0 Å². The Kier molecular flexibility index (Phi) is 6.58. The number of hydrogen-bond donors (Lipinski definition) is 1. The number of nitrogens with zero attached hydrogens (tertiary/aromatic N) is 3. The molecular weight excluding hydrogens is 401 g/mol. The molecule has 9 heteroatoms. The average Bonchev–Trinajstić information content (AvgIpc) is 3.14. The zero-order valence-corrected chi connectivity index (χ0v) is 16.4. The van der Waals surface area contributed by atoms with Crippen LogP contribution in [0.2, 0.25) is 0 Å². The second-order valence-corrected chi connectivity index (χ2v) is 7.13. The van der Waals surface area contributed by atoms with Crippen LogP contribution in [-0.2, 0) is 23.9 Å². The van der Waals surface area contributed by atoms with Crippen molar-refractivity contribution in [2.45, 2.75) is 31.2 Å². The summed E-state index contributed by atoms with van der Waals surface area (Å²) in [5.41, 5.74) is 0.800. The van der Waals surface area contributed by atoms with Gasteiger partial charge >= 0.3 is 6.18 Å². The number of nitrogens with one attached hydrogen (secondary N) is 1. The number of carbonyl (C=O) groups is 1. The molecule has 1 amide bonds. The summed E-state index contributed by atoms with van der Waals surface area (Å²) in [7, 11) is 0. The van der Waals surface area contributed by atoms with Crippen LogP contribution in [-0.4, -0.2) is 26.4 Å². The minimum atomic E-state index is -4.37. The molecule has 1 aromatic heterocycles. The van der Waals surface area contributed by atoms with Gasteiger partial charge in [-0.25, -0.2) is 0 Å². The standard InChI is InChI=1S/C20H19F3N4OS/c1-2-17-25-26-19(27(17)16-6-4-3-5-7-16)29-13-18(28)24-12-14-8-10-15(11-9-14)20(21,22)23/h3-11H,2,12-13H2,1H3,(H,24,28). The van der Waals surface area contributed by atoms with Crippen LogP contribution in [0.25, 0.3) is 5.69 Å². The summed E-state index contributed by atoms with van der Waals surface area (Å²) in [6.45, 7) is 2.14. The summed E-state index contributed by atoms with van der Waals surface area (Å²) in [6, 6.07) is 14.4. The van der Waals surface area contributed by atoms with E-state index in [0.717, 1.165) is 23.6 Å². The molecule has 0 fully saturated rings. The highest BCUT2D eigenvalue weighted by molar-refractivity contribution is 7.99. The zero-order chi connectivity index (χ0) is 20.9. The van der Waals surface area contributed by atoms with Crippen molar-refractivity contribution in [1.29, 1.82) is 0 Å². The van der Waals surface area contributed by atoms with Crippen LogP contribution >= 0.6 is 11.8 Å². The van der Waals surface area contributed by atoms with E-state index >= 15 is 0 Å². The second kappa shape index (κ2) is 9.13. The average molecular weight is 420 g/mol. The van der Waals surface area contributed by atoms with Crippen molar-refractivity contribution in [2.75, 3.05) is 5.75 Å². The van der Waals surface area contributed by atoms with Gasteiger partial charge in [0, 0.05) is 18.7 Å². The van der Waals surface area contributed by atoms with E-state index in [0.29, 0.717) is 17.1 Å². The highest BCUT2D eigenvalue weighted by Crippen LogP contribution is 2.29.